The van der Waals surface area contributed by atoms with E-state index in [2.05, 4.69) is 96.9 Å². The Morgan fingerprint density at radius 2 is 1.68 bits per heavy atom. The molecule has 5 heterocycles. The topological polar surface area (TPSA) is 88.8 Å². The number of nitrogens with one attached hydrogen (secondary N) is 3. The van der Waals surface area contributed by atoms with Crippen molar-refractivity contribution in [2.45, 2.75) is 13.1 Å². The number of piperazine rings is 1. The first-order valence-electron chi connectivity index (χ1n) is 13.8. The predicted octanol–water partition coefficient (Wildman–Crippen LogP) is 5.21. The summed E-state index contributed by atoms with van der Waals surface area (Å²) in [5, 5.41) is 12.6. The normalized spacial score (nSPS) is 14.4. The Balaban J connectivity index is 1.17. The molecule has 6 aromatic rings. The van der Waals surface area contributed by atoms with E-state index in [0.717, 1.165) is 84.0 Å². The average Bonchev–Trinajstić information content (AvgIpc) is 3.62. The minimum atomic E-state index is 0.736. The number of benzene rings is 2. The summed E-state index contributed by atoms with van der Waals surface area (Å²) < 4.78 is 0. The molecule has 0 radical (unpaired) electrons. The van der Waals surface area contributed by atoms with Crippen molar-refractivity contribution in [1.82, 2.24) is 35.4 Å². The summed E-state index contributed by atoms with van der Waals surface area (Å²) in [5.41, 5.74) is 10.2. The molecule has 8 nitrogen and oxygen atoms in total. The zero-order valence-corrected chi connectivity index (χ0v) is 22.6. The highest BCUT2D eigenvalue weighted by molar-refractivity contribution is 5.99. The van der Waals surface area contributed by atoms with E-state index >= 15 is 0 Å². The number of fused-ring (bicyclic) bond motifs is 2. The Labute approximate surface area is 233 Å². The van der Waals surface area contributed by atoms with E-state index in [4.69, 9.17) is 4.98 Å². The van der Waals surface area contributed by atoms with Crippen LogP contribution >= 0.6 is 0 Å². The molecule has 1 aliphatic heterocycles. The van der Waals surface area contributed by atoms with Gasteiger partial charge in [0, 0.05) is 73.8 Å². The third-order valence-corrected chi connectivity index (χ3v) is 7.74. The summed E-state index contributed by atoms with van der Waals surface area (Å²) in [7, 11) is 2.19. The quantitative estimate of drug-likeness (QED) is 0.264. The molecule has 0 saturated carbocycles. The number of H-pyrrole nitrogens is 2. The molecule has 0 amide bonds. The minimum Gasteiger partial charge on any atom is -0.368 e. The summed E-state index contributed by atoms with van der Waals surface area (Å²) in [5.74, 6) is 0. The number of nitrogens with zero attached hydrogens (tertiary/aromatic N) is 5. The van der Waals surface area contributed by atoms with Gasteiger partial charge >= 0.3 is 0 Å². The summed E-state index contributed by atoms with van der Waals surface area (Å²) in [6.07, 6.45) is 3.78. The van der Waals surface area contributed by atoms with E-state index in [1.54, 1.807) is 0 Å². The van der Waals surface area contributed by atoms with Crippen molar-refractivity contribution in [2.24, 2.45) is 0 Å². The van der Waals surface area contributed by atoms with Crippen LogP contribution in [0.25, 0.3) is 44.6 Å². The molecular weight excluding hydrogens is 496 g/mol. The number of pyridine rings is 2. The van der Waals surface area contributed by atoms with E-state index in [1.165, 1.54) is 16.6 Å². The summed E-state index contributed by atoms with van der Waals surface area (Å²) in [4.78, 5) is 18.0. The molecule has 1 aliphatic rings. The molecule has 1 saturated heterocycles. The first-order valence-corrected chi connectivity index (χ1v) is 13.8. The van der Waals surface area contributed by atoms with Crippen LogP contribution in [0.4, 0.5) is 5.69 Å². The van der Waals surface area contributed by atoms with E-state index in [-0.39, 0.29) is 0 Å². The Kier molecular flexibility index (Phi) is 6.47. The van der Waals surface area contributed by atoms with E-state index < -0.39 is 0 Å². The first-order chi connectivity index (χ1) is 19.7. The van der Waals surface area contributed by atoms with E-state index in [1.807, 2.05) is 30.6 Å². The largest absolute Gasteiger partial charge is 0.368 e. The number of hydrogen-bond donors (Lipinski definition) is 3. The molecule has 0 aliphatic carbocycles. The van der Waals surface area contributed by atoms with Crippen molar-refractivity contribution in [3.8, 4) is 22.6 Å². The SMILES string of the molecule is CN1CCN(c2cccc3[nH]c(-c4n[nH]c5ccc(-c6cncc(CNCc7ccccc7)c6)nc45)cc23)CC1. The molecule has 8 heteroatoms. The minimum absolute atomic E-state index is 0.736. The van der Waals surface area contributed by atoms with Crippen LogP contribution < -0.4 is 10.2 Å². The molecule has 1 fully saturated rings. The Morgan fingerprint density at radius 1 is 0.825 bits per heavy atom. The van der Waals surface area contributed by atoms with Gasteiger partial charge in [-0.1, -0.05) is 36.4 Å². The smallest absolute Gasteiger partial charge is 0.135 e. The zero-order chi connectivity index (χ0) is 26.9. The molecule has 0 unspecified atom stereocenters. The predicted molar refractivity (Wildman–Crippen MR) is 161 cm³/mol. The number of likely N-dealkylation sites (N-methyl/N-ethyl adjacent to an activating group) is 1. The maximum Gasteiger partial charge on any atom is 0.135 e. The van der Waals surface area contributed by atoms with Gasteiger partial charge in [-0.05, 0) is 54.6 Å². The van der Waals surface area contributed by atoms with Crippen LogP contribution in [0.15, 0.2) is 85.2 Å². The number of aromatic amines is 2. The van der Waals surface area contributed by atoms with Gasteiger partial charge < -0.3 is 20.1 Å². The highest BCUT2D eigenvalue weighted by Gasteiger charge is 2.19. The fourth-order valence-corrected chi connectivity index (χ4v) is 5.51. The van der Waals surface area contributed by atoms with Crippen LogP contribution in [0.5, 0.6) is 0 Å². The second-order valence-electron chi connectivity index (χ2n) is 10.5. The van der Waals surface area contributed by atoms with Crippen LogP contribution in [0, 0.1) is 0 Å². The number of rotatable bonds is 7. The lowest BCUT2D eigenvalue weighted by atomic mass is 10.1. The highest BCUT2D eigenvalue weighted by Crippen LogP contribution is 2.34. The van der Waals surface area contributed by atoms with Gasteiger partial charge in [-0.25, -0.2) is 4.98 Å². The molecule has 7 rings (SSSR count). The Hall–Kier alpha value is -4.53. The number of hydrogen-bond acceptors (Lipinski definition) is 6. The third kappa shape index (κ3) is 4.83. The van der Waals surface area contributed by atoms with Crippen molar-refractivity contribution < 1.29 is 0 Å². The summed E-state index contributed by atoms with van der Waals surface area (Å²) in [6, 6.07) is 25.4. The van der Waals surface area contributed by atoms with Gasteiger partial charge in [0.05, 0.1) is 16.9 Å². The summed E-state index contributed by atoms with van der Waals surface area (Å²) >= 11 is 0. The summed E-state index contributed by atoms with van der Waals surface area (Å²) in [6.45, 7) is 5.75. The molecule has 2 aromatic carbocycles. The maximum atomic E-state index is 5.05. The zero-order valence-electron chi connectivity index (χ0n) is 22.6. The molecule has 0 bridgehead atoms. The van der Waals surface area contributed by atoms with Gasteiger partial charge in [0.2, 0.25) is 0 Å². The van der Waals surface area contributed by atoms with Gasteiger partial charge in [-0.3, -0.25) is 10.1 Å². The van der Waals surface area contributed by atoms with Crippen molar-refractivity contribution in [2.75, 3.05) is 38.1 Å². The van der Waals surface area contributed by atoms with Gasteiger partial charge in [0.25, 0.3) is 0 Å². The lowest BCUT2D eigenvalue weighted by Crippen LogP contribution is -2.44. The van der Waals surface area contributed by atoms with Gasteiger partial charge in [0.1, 0.15) is 11.2 Å². The molecular formula is C32H32N8. The first kappa shape index (κ1) is 24.5. The van der Waals surface area contributed by atoms with Gasteiger partial charge in [0.15, 0.2) is 0 Å². The fraction of sp³-hybridized carbons (Fsp3) is 0.219. The molecule has 40 heavy (non-hydrogen) atoms. The van der Waals surface area contributed by atoms with Crippen molar-refractivity contribution in [3.63, 3.8) is 0 Å². The lowest BCUT2D eigenvalue weighted by molar-refractivity contribution is 0.313. The van der Waals surface area contributed by atoms with Crippen LogP contribution in [-0.4, -0.2) is 63.3 Å². The third-order valence-electron chi connectivity index (χ3n) is 7.74. The number of anilines is 1. The lowest BCUT2D eigenvalue weighted by Gasteiger charge is -2.34. The van der Waals surface area contributed by atoms with E-state index in [9.17, 15) is 0 Å². The fourth-order valence-electron chi connectivity index (χ4n) is 5.51. The van der Waals surface area contributed by atoms with Crippen LogP contribution in [0.3, 0.4) is 0 Å². The maximum absolute atomic E-state index is 5.05. The van der Waals surface area contributed by atoms with E-state index in [0.29, 0.717) is 0 Å². The van der Waals surface area contributed by atoms with Crippen molar-refractivity contribution in [1.29, 1.82) is 0 Å². The standard InChI is InChI=1S/C32H32N8/c1-39-12-14-40(15-13-39)30-9-5-8-27-25(30)17-29(35-27)32-31-28(37-38-32)11-10-26(36-31)24-16-23(20-34-21-24)19-33-18-22-6-3-2-4-7-22/h2-11,16-17,20-21,33,35H,12-15,18-19H2,1H3,(H,37,38). The monoisotopic (exact) mass is 528 g/mol. The molecule has 3 N–H and O–H groups in total. The number of aromatic nitrogens is 5. The average molecular weight is 529 g/mol. The van der Waals surface area contributed by atoms with Crippen molar-refractivity contribution >= 4 is 27.6 Å². The van der Waals surface area contributed by atoms with Crippen molar-refractivity contribution in [3.05, 3.63) is 96.3 Å². The highest BCUT2D eigenvalue weighted by atomic mass is 15.2. The van der Waals surface area contributed by atoms with Gasteiger partial charge in [-0.15, -0.1) is 0 Å². The van der Waals surface area contributed by atoms with Crippen LogP contribution in [0.2, 0.25) is 0 Å². The second kappa shape index (κ2) is 10.6. The molecule has 200 valence electrons. The Morgan fingerprint density at radius 3 is 2.55 bits per heavy atom. The molecule has 0 spiro atoms. The second-order valence-corrected chi connectivity index (χ2v) is 10.5. The van der Waals surface area contributed by atoms with Crippen LogP contribution in [-0.2, 0) is 13.1 Å². The molecule has 4 aromatic heterocycles. The molecule has 0 atom stereocenters. The Bertz CT molecular complexity index is 1760. The van der Waals surface area contributed by atoms with Crippen LogP contribution in [0.1, 0.15) is 11.1 Å². The van der Waals surface area contributed by atoms with Gasteiger partial charge in [-0.2, -0.15) is 5.10 Å².